The van der Waals surface area contributed by atoms with Crippen molar-refractivity contribution < 1.29 is 4.79 Å². The van der Waals surface area contributed by atoms with E-state index in [1.807, 2.05) is 43.3 Å². The van der Waals surface area contributed by atoms with Crippen LogP contribution in [0.25, 0.3) is 0 Å². The maximum Gasteiger partial charge on any atom is 0.247 e. The predicted molar refractivity (Wildman–Crippen MR) is 75.2 cm³/mol. The third kappa shape index (κ3) is 2.42. The molecule has 3 rings (SSSR count). The van der Waals surface area contributed by atoms with E-state index in [1.165, 1.54) is 0 Å². The zero-order valence-electron chi connectivity index (χ0n) is 10.7. The predicted octanol–water partition coefficient (Wildman–Crippen LogP) is 2.37. The van der Waals surface area contributed by atoms with Crippen LogP contribution in [0, 0.1) is 6.92 Å². The molecule has 1 aromatic heterocycles. The molecule has 0 spiro atoms. The molecule has 96 valence electrons. The van der Waals surface area contributed by atoms with E-state index in [9.17, 15) is 4.79 Å². The monoisotopic (exact) mass is 253 g/mol. The van der Waals surface area contributed by atoms with Gasteiger partial charge in [0, 0.05) is 18.3 Å². The lowest BCUT2D eigenvalue weighted by Crippen LogP contribution is -2.32. The Balaban J connectivity index is 1.70. The highest BCUT2D eigenvalue weighted by Crippen LogP contribution is 2.23. The zero-order chi connectivity index (χ0) is 13.2. The molecule has 0 radical (unpaired) electrons. The van der Waals surface area contributed by atoms with Crippen LogP contribution in [0.3, 0.4) is 0 Å². The van der Waals surface area contributed by atoms with E-state index >= 15 is 0 Å². The van der Waals surface area contributed by atoms with E-state index in [-0.39, 0.29) is 11.9 Å². The molecule has 1 aliphatic rings. The molecule has 1 aromatic carbocycles. The molecule has 4 nitrogen and oxygen atoms in total. The number of carbonyl (C=O) groups excluding carboxylic acids is 1. The van der Waals surface area contributed by atoms with Crippen molar-refractivity contribution in [3.05, 3.63) is 53.7 Å². The first-order valence-electron chi connectivity index (χ1n) is 6.30. The zero-order valence-corrected chi connectivity index (χ0v) is 10.7. The van der Waals surface area contributed by atoms with Crippen LogP contribution < -0.4 is 10.6 Å². The fourth-order valence-electron chi connectivity index (χ4n) is 2.28. The standard InChI is InChI=1S/C15H15N3O/c1-10-4-2-6-12(8-10)17-15(19)13-9-11-5-3-7-16-14(11)18-13/h2-8,13H,9H2,1H3,(H,16,18)(H,17,19). The summed E-state index contributed by atoms with van der Waals surface area (Å²) in [5, 5.41) is 6.08. The van der Waals surface area contributed by atoms with E-state index in [0.717, 1.165) is 22.6 Å². The van der Waals surface area contributed by atoms with Crippen molar-refractivity contribution in [2.75, 3.05) is 10.6 Å². The first-order chi connectivity index (χ1) is 9.22. The van der Waals surface area contributed by atoms with E-state index in [4.69, 9.17) is 0 Å². The summed E-state index contributed by atoms with van der Waals surface area (Å²) in [6.07, 6.45) is 2.41. The fraction of sp³-hybridized carbons (Fsp3) is 0.200. The number of aryl methyl sites for hydroxylation is 1. The molecule has 1 amide bonds. The molecule has 4 heteroatoms. The third-order valence-electron chi connectivity index (χ3n) is 3.23. The van der Waals surface area contributed by atoms with Gasteiger partial charge in [-0.15, -0.1) is 0 Å². The summed E-state index contributed by atoms with van der Waals surface area (Å²) in [7, 11) is 0. The molecule has 2 heterocycles. The maximum atomic E-state index is 12.2. The Labute approximate surface area is 111 Å². The van der Waals surface area contributed by atoms with Gasteiger partial charge in [0.05, 0.1) is 0 Å². The highest BCUT2D eigenvalue weighted by molar-refractivity contribution is 5.97. The van der Waals surface area contributed by atoms with Gasteiger partial charge < -0.3 is 10.6 Å². The Morgan fingerprint density at radius 2 is 2.26 bits per heavy atom. The number of amides is 1. The molecular weight excluding hydrogens is 238 g/mol. The quantitative estimate of drug-likeness (QED) is 0.864. The topological polar surface area (TPSA) is 54.0 Å². The lowest BCUT2D eigenvalue weighted by Gasteiger charge is -2.11. The van der Waals surface area contributed by atoms with Crippen LogP contribution >= 0.6 is 0 Å². The first kappa shape index (κ1) is 11.7. The number of nitrogens with one attached hydrogen (secondary N) is 2. The lowest BCUT2D eigenvalue weighted by molar-refractivity contribution is -0.116. The van der Waals surface area contributed by atoms with Crippen molar-refractivity contribution in [3.8, 4) is 0 Å². The summed E-state index contributed by atoms with van der Waals surface area (Å²) < 4.78 is 0. The maximum absolute atomic E-state index is 12.2. The summed E-state index contributed by atoms with van der Waals surface area (Å²) >= 11 is 0. The van der Waals surface area contributed by atoms with Crippen LogP contribution in [0.15, 0.2) is 42.6 Å². The Kier molecular flexibility index (Phi) is 2.91. The van der Waals surface area contributed by atoms with Gasteiger partial charge in [0.25, 0.3) is 0 Å². The summed E-state index contributed by atoms with van der Waals surface area (Å²) in [5.74, 6) is 0.787. The molecule has 2 aromatic rings. The minimum Gasteiger partial charge on any atom is -0.358 e. The Morgan fingerprint density at radius 1 is 1.37 bits per heavy atom. The van der Waals surface area contributed by atoms with Crippen molar-refractivity contribution in [1.82, 2.24) is 4.98 Å². The van der Waals surface area contributed by atoms with Crippen molar-refractivity contribution in [1.29, 1.82) is 0 Å². The molecule has 0 fully saturated rings. The van der Waals surface area contributed by atoms with Crippen LogP contribution in [-0.4, -0.2) is 16.9 Å². The second-order valence-corrected chi connectivity index (χ2v) is 4.77. The third-order valence-corrected chi connectivity index (χ3v) is 3.23. The second-order valence-electron chi connectivity index (χ2n) is 4.77. The summed E-state index contributed by atoms with van der Waals surface area (Å²) in [5.41, 5.74) is 3.05. The van der Waals surface area contributed by atoms with Crippen LogP contribution in [0.1, 0.15) is 11.1 Å². The van der Waals surface area contributed by atoms with Gasteiger partial charge in [-0.05, 0) is 36.2 Å². The van der Waals surface area contributed by atoms with Crippen LogP contribution in [0.2, 0.25) is 0 Å². The Morgan fingerprint density at radius 3 is 3.05 bits per heavy atom. The molecule has 1 aliphatic heterocycles. The summed E-state index contributed by atoms with van der Waals surface area (Å²) in [6.45, 7) is 2.00. The van der Waals surface area contributed by atoms with Crippen molar-refractivity contribution in [3.63, 3.8) is 0 Å². The van der Waals surface area contributed by atoms with E-state index in [2.05, 4.69) is 15.6 Å². The SMILES string of the molecule is Cc1cccc(NC(=O)C2Cc3cccnc3N2)c1. The highest BCUT2D eigenvalue weighted by atomic mass is 16.2. The number of fused-ring (bicyclic) bond motifs is 1. The van der Waals surface area contributed by atoms with Crippen molar-refractivity contribution in [2.45, 2.75) is 19.4 Å². The fourth-order valence-corrected chi connectivity index (χ4v) is 2.28. The molecule has 0 bridgehead atoms. The van der Waals surface area contributed by atoms with Gasteiger partial charge in [-0.25, -0.2) is 4.98 Å². The van der Waals surface area contributed by atoms with Gasteiger partial charge in [0.2, 0.25) is 5.91 Å². The molecular formula is C15H15N3O. The Hall–Kier alpha value is -2.36. The second kappa shape index (κ2) is 4.72. The van der Waals surface area contributed by atoms with E-state index < -0.39 is 0 Å². The number of pyridine rings is 1. The van der Waals surface area contributed by atoms with Gasteiger partial charge in [-0.3, -0.25) is 4.79 Å². The number of anilines is 2. The molecule has 0 saturated heterocycles. The molecule has 2 N–H and O–H groups in total. The first-order valence-corrected chi connectivity index (χ1v) is 6.30. The minimum absolute atomic E-state index is 0.0244. The average molecular weight is 253 g/mol. The smallest absolute Gasteiger partial charge is 0.247 e. The van der Waals surface area contributed by atoms with Gasteiger partial charge in [-0.2, -0.15) is 0 Å². The minimum atomic E-state index is -0.245. The van der Waals surface area contributed by atoms with Crippen LogP contribution in [-0.2, 0) is 11.2 Å². The van der Waals surface area contributed by atoms with E-state index in [1.54, 1.807) is 6.20 Å². The van der Waals surface area contributed by atoms with Crippen molar-refractivity contribution in [2.24, 2.45) is 0 Å². The van der Waals surface area contributed by atoms with Gasteiger partial charge in [0.1, 0.15) is 11.9 Å². The highest BCUT2D eigenvalue weighted by Gasteiger charge is 2.27. The Bertz CT molecular complexity index is 599. The largest absolute Gasteiger partial charge is 0.358 e. The number of hydrogen-bond donors (Lipinski definition) is 2. The number of hydrogen-bond acceptors (Lipinski definition) is 3. The molecule has 19 heavy (non-hydrogen) atoms. The molecule has 0 saturated carbocycles. The average Bonchev–Trinajstić information content (AvgIpc) is 2.82. The van der Waals surface area contributed by atoms with Gasteiger partial charge in [0.15, 0.2) is 0 Å². The lowest BCUT2D eigenvalue weighted by atomic mass is 10.1. The number of nitrogens with zero attached hydrogens (tertiary/aromatic N) is 1. The van der Waals surface area contributed by atoms with Crippen LogP contribution in [0.4, 0.5) is 11.5 Å². The molecule has 1 unspecified atom stereocenters. The molecule has 1 atom stereocenters. The number of rotatable bonds is 2. The number of benzene rings is 1. The van der Waals surface area contributed by atoms with Gasteiger partial charge >= 0.3 is 0 Å². The summed E-state index contributed by atoms with van der Waals surface area (Å²) in [4.78, 5) is 16.4. The van der Waals surface area contributed by atoms with Crippen LogP contribution in [0.5, 0.6) is 0 Å². The number of aromatic nitrogens is 1. The summed E-state index contributed by atoms with van der Waals surface area (Å²) in [6, 6.07) is 11.4. The van der Waals surface area contributed by atoms with E-state index in [0.29, 0.717) is 6.42 Å². The van der Waals surface area contributed by atoms with Gasteiger partial charge in [-0.1, -0.05) is 18.2 Å². The molecule has 0 aliphatic carbocycles. The van der Waals surface area contributed by atoms with Crippen molar-refractivity contribution >= 4 is 17.4 Å². The number of carbonyl (C=O) groups is 1. The normalized spacial score (nSPS) is 16.6.